The van der Waals surface area contributed by atoms with Gasteiger partial charge in [-0.15, -0.1) is 5.10 Å². The van der Waals surface area contributed by atoms with E-state index >= 15 is 0 Å². The molecule has 0 spiro atoms. The summed E-state index contributed by atoms with van der Waals surface area (Å²) in [5, 5.41) is 14.3. The van der Waals surface area contributed by atoms with Crippen LogP contribution >= 0.6 is 0 Å². The van der Waals surface area contributed by atoms with Gasteiger partial charge in [0.25, 0.3) is 0 Å². The van der Waals surface area contributed by atoms with Gasteiger partial charge in [0.1, 0.15) is 0 Å². The predicted octanol–water partition coefficient (Wildman–Crippen LogP) is 2.76. The van der Waals surface area contributed by atoms with Crippen molar-refractivity contribution in [2.45, 2.75) is 19.8 Å². The molecule has 24 heavy (non-hydrogen) atoms. The van der Waals surface area contributed by atoms with Crippen molar-refractivity contribution in [3.8, 4) is 11.4 Å². The maximum Gasteiger partial charge on any atom is 0.224 e. The molecule has 6 nitrogen and oxygen atoms in total. The standard InChI is InChI=1S/C18H19N5O/c1-13-3-5-14(6-4-13)7-12-17(24)19-16-10-8-15(9-11-16)18-20-21-22-23(18)2/h3-6,8-11H,7,12H2,1-2H3,(H,19,24). The van der Waals surface area contributed by atoms with E-state index in [4.69, 9.17) is 0 Å². The molecule has 3 rings (SSSR count). The minimum absolute atomic E-state index is 0.00338. The number of benzene rings is 2. The van der Waals surface area contributed by atoms with E-state index in [0.717, 1.165) is 17.7 Å². The third-order valence-corrected chi connectivity index (χ3v) is 3.81. The van der Waals surface area contributed by atoms with Crippen molar-refractivity contribution in [3.63, 3.8) is 0 Å². The zero-order valence-electron chi connectivity index (χ0n) is 13.7. The molecule has 0 aliphatic rings. The molecule has 122 valence electrons. The Kier molecular flexibility index (Phi) is 4.65. The summed E-state index contributed by atoms with van der Waals surface area (Å²) in [6.07, 6.45) is 1.19. The molecule has 0 unspecified atom stereocenters. The van der Waals surface area contributed by atoms with Gasteiger partial charge < -0.3 is 5.32 Å². The largest absolute Gasteiger partial charge is 0.326 e. The van der Waals surface area contributed by atoms with E-state index in [1.807, 2.05) is 24.3 Å². The maximum absolute atomic E-state index is 12.1. The first-order valence-corrected chi connectivity index (χ1v) is 7.80. The van der Waals surface area contributed by atoms with Crippen LogP contribution in [0.3, 0.4) is 0 Å². The van der Waals surface area contributed by atoms with Gasteiger partial charge in [0.05, 0.1) is 0 Å². The van der Waals surface area contributed by atoms with E-state index in [2.05, 4.69) is 52.0 Å². The zero-order chi connectivity index (χ0) is 16.9. The van der Waals surface area contributed by atoms with Crippen LogP contribution in [0.15, 0.2) is 48.5 Å². The average molecular weight is 321 g/mol. The molecule has 3 aromatic rings. The Morgan fingerprint density at radius 2 is 1.79 bits per heavy atom. The Hall–Kier alpha value is -3.02. The summed E-state index contributed by atoms with van der Waals surface area (Å²) >= 11 is 0. The fraction of sp³-hybridized carbons (Fsp3) is 0.222. The maximum atomic E-state index is 12.1. The van der Waals surface area contributed by atoms with E-state index in [-0.39, 0.29) is 5.91 Å². The molecule has 0 aliphatic heterocycles. The van der Waals surface area contributed by atoms with Crippen molar-refractivity contribution >= 4 is 11.6 Å². The summed E-state index contributed by atoms with van der Waals surface area (Å²) in [7, 11) is 1.79. The number of hydrogen-bond acceptors (Lipinski definition) is 4. The highest BCUT2D eigenvalue weighted by Gasteiger charge is 2.07. The number of aryl methyl sites for hydroxylation is 3. The van der Waals surface area contributed by atoms with Gasteiger partial charge in [-0.1, -0.05) is 29.8 Å². The first-order valence-electron chi connectivity index (χ1n) is 7.80. The number of nitrogens with one attached hydrogen (secondary N) is 1. The normalized spacial score (nSPS) is 10.6. The summed E-state index contributed by atoms with van der Waals surface area (Å²) in [5.74, 6) is 0.691. The van der Waals surface area contributed by atoms with Crippen LogP contribution < -0.4 is 5.32 Å². The number of carbonyl (C=O) groups excluding carboxylic acids is 1. The lowest BCUT2D eigenvalue weighted by atomic mass is 10.1. The molecule has 1 aromatic heterocycles. The van der Waals surface area contributed by atoms with Gasteiger partial charge in [0.15, 0.2) is 5.82 Å². The van der Waals surface area contributed by atoms with Crippen LogP contribution in [-0.4, -0.2) is 26.1 Å². The van der Waals surface area contributed by atoms with Gasteiger partial charge in [-0.3, -0.25) is 4.79 Å². The molecule has 6 heteroatoms. The highest BCUT2D eigenvalue weighted by atomic mass is 16.1. The zero-order valence-corrected chi connectivity index (χ0v) is 13.7. The van der Waals surface area contributed by atoms with Gasteiger partial charge in [-0.05, 0) is 53.6 Å². The average Bonchev–Trinajstić information content (AvgIpc) is 3.01. The van der Waals surface area contributed by atoms with Crippen LogP contribution in [0.4, 0.5) is 5.69 Å². The Bertz CT molecular complexity index is 821. The molecule has 0 fully saturated rings. The fourth-order valence-electron chi connectivity index (χ4n) is 2.41. The summed E-state index contributed by atoms with van der Waals surface area (Å²) in [5.41, 5.74) is 4.06. The molecule has 0 bridgehead atoms. The second kappa shape index (κ2) is 7.04. The third-order valence-electron chi connectivity index (χ3n) is 3.81. The van der Waals surface area contributed by atoms with Crippen molar-refractivity contribution in [1.82, 2.24) is 20.2 Å². The van der Waals surface area contributed by atoms with Crippen LogP contribution in [0, 0.1) is 6.92 Å². The van der Waals surface area contributed by atoms with E-state index in [1.165, 1.54) is 11.1 Å². The fourth-order valence-corrected chi connectivity index (χ4v) is 2.41. The molecule has 0 radical (unpaired) electrons. The molecule has 0 aliphatic carbocycles. The van der Waals surface area contributed by atoms with Gasteiger partial charge >= 0.3 is 0 Å². The third kappa shape index (κ3) is 3.84. The van der Waals surface area contributed by atoms with E-state index in [9.17, 15) is 4.79 Å². The smallest absolute Gasteiger partial charge is 0.224 e. The Morgan fingerprint density at radius 1 is 1.08 bits per heavy atom. The Morgan fingerprint density at radius 3 is 2.42 bits per heavy atom. The highest BCUT2D eigenvalue weighted by molar-refractivity contribution is 5.91. The van der Waals surface area contributed by atoms with Crippen molar-refractivity contribution in [2.24, 2.45) is 7.05 Å². The summed E-state index contributed by atoms with van der Waals surface area (Å²) in [6, 6.07) is 15.7. The SMILES string of the molecule is Cc1ccc(CCC(=O)Nc2ccc(-c3nnnn3C)cc2)cc1. The molecular weight excluding hydrogens is 302 g/mol. The monoisotopic (exact) mass is 321 g/mol. The van der Waals surface area contributed by atoms with Gasteiger partial charge in [0.2, 0.25) is 5.91 Å². The van der Waals surface area contributed by atoms with Crippen molar-refractivity contribution in [3.05, 3.63) is 59.7 Å². The first kappa shape index (κ1) is 15.9. The lowest BCUT2D eigenvalue weighted by molar-refractivity contribution is -0.116. The number of carbonyl (C=O) groups is 1. The second-order valence-electron chi connectivity index (χ2n) is 5.74. The lowest BCUT2D eigenvalue weighted by Gasteiger charge is -2.06. The number of aromatic nitrogens is 4. The van der Waals surface area contributed by atoms with E-state index in [1.54, 1.807) is 11.7 Å². The van der Waals surface area contributed by atoms with Crippen LogP contribution in [0.1, 0.15) is 17.5 Å². The molecule has 1 N–H and O–H groups in total. The first-order chi connectivity index (χ1) is 11.6. The molecule has 2 aromatic carbocycles. The van der Waals surface area contributed by atoms with Gasteiger partial charge in [-0.25, -0.2) is 4.68 Å². The topological polar surface area (TPSA) is 72.7 Å². The van der Waals surface area contributed by atoms with Gasteiger partial charge in [-0.2, -0.15) is 0 Å². The molecular formula is C18H19N5O. The molecule has 0 saturated heterocycles. The van der Waals surface area contributed by atoms with E-state index < -0.39 is 0 Å². The number of hydrogen-bond donors (Lipinski definition) is 1. The number of nitrogens with zero attached hydrogens (tertiary/aromatic N) is 4. The minimum Gasteiger partial charge on any atom is -0.326 e. The summed E-state index contributed by atoms with van der Waals surface area (Å²) in [4.78, 5) is 12.1. The lowest BCUT2D eigenvalue weighted by Crippen LogP contribution is -2.12. The number of rotatable bonds is 5. The van der Waals surface area contributed by atoms with Crippen molar-refractivity contribution in [2.75, 3.05) is 5.32 Å². The number of tetrazole rings is 1. The Balaban J connectivity index is 1.56. The molecule has 0 atom stereocenters. The van der Waals surface area contributed by atoms with Crippen LogP contribution in [0.2, 0.25) is 0 Å². The highest BCUT2D eigenvalue weighted by Crippen LogP contribution is 2.18. The molecule has 1 heterocycles. The van der Waals surface area contributed by atoms with Crippen LogP contribution in [-0.2, 0) is 18.3 Å². The summed E-state index contributed by atoms with van der Waals surface area (Å²) in [6.45, 7) is 2.05. The minimum atomic E-state index is 0.00338. The van der Waals surface area contributed by atoms with Gasteiger partial charge in [0, 0.05) is 24.7 Å². The van der Waals surface area contributed by atoms with Crippen LogP contribution in [0.25, 0.3) is 11.4 Å². The summed E-state index contributed by atoms with van der Waals surface area (Å²) < 4.78 is 1.61. The predicted molar refractivity (Wildman–Crippen MR) is 92.4 cm³/mol. The van der Waals surface area contributed by atoms with Crippen LogP contribution in [0.5, 0.6) is 0 Å². The Labute approximate surface area is 140 Å². The quantitative estimate of drug-likeness (QED) is 0.784. The second-order valence-corrected chi connectivity index (χ2v) is 5.74. The molecule has 1 amide bonds. The molecule has 0 saturated carbocycles. The number of amides is 1. The van der Waals surface area contributed by atoms with E-state index in [0.29, 0.717) is 12.2 Å². The van der Waals surface area contributed by atoms with Crippen molar-refractivity contribution < 1.29 is 4.79 Å². The van der Waals surface area contributed by atoms with Crippen molar-refractivity contribution in [1.29, 1.82) is 0 Å². The number of anilines is 1.